The van der Waals surface area contributed by atoms with Crippen LogP contribution in [0.15, 0.2) is 18.2 Å². The van der Waals surface area contributed by atoms with Crippen molar-refractivity contribution in [2.45, 2.75) is 50.9 Å². The highest BCUT2D eigenvalue weighted by Gasteiger charge is 2.39. The molecule has 2 fully saturated rings. The van der Waals surface area contributed by atoms with Crippen molar-refractivity contribution in [3.05, 3.63) is 34.9 Å². The molecule has 0 amide bonds. The van der Waals surface area contributed by atoms with E-state index in [2.05, 4.69) is 37.4 Å². The third kappa shape index (κ3) is 2.13. The van der Waals surface area contributed by atoms with E-state index in [1.807, 2.05) is 0 Å². The molecule has 3 rings (SSSR count). The molecule has 1 aromatic rings. The van der Waals surface area contributed by atoms with Gasteiger partial charge in [-0.15, -0.1) is 0 Å². The van der Waals surface area contributed by atoms with Gasteiger partial charge in [-0.3, -0.25) is 0 Å². The van der Waals surface area contributed by atoms with Crippen LogP contribution in [0.1, 0.15) is 55.2 Å². The van der Waals surface area contributed by atoms with Gasteiger partial charge in [0.05, 0.1) is 0 Å². The average molecular weight is 229 g/mol. The van der Waals surface area contributed by atoms with Gasteiger partial charge in [0.15, 0.2) is 0 Å². The van der Waals surface area contributed by atoms with E-state index in [1.54, 1.807) is 11.1 Å². The summed E-state index contributed by atoms with van der Waals surface area (Å²) in [6, 6.07) is 7.25. The molecule has 1 aromatic carbocycles. The third-order valence-corrected chi connectivity index (χ3v) is 4.71. The molecular weight excluding hydrogens is 206 g/mol. The Balaban J connectivity index is 1.85. The minimum atomic E-state index is 0.511. The lowest BCUT2D eigenvalue weighted by Gasteiger charge is -2.24. The summed E-state index contributed by atoms with van der Waals surface area (Å²) in [4.78, 5) is 0. The van der Waals surface area contributed by atoms with Gasteiger partial charge in [-0.2, -0.15) is 0 Å². The number of aryl methyl sites for hydroxylation is 1. The first-order valence-electron chi connectivity index (χ1n) is 7.01. The molecule has 1 saturated heterocycles. The maximum absolute atomic E-state index is 3.44. The summed E-state index contributed by atoms with van der Waals surface area (Å²) in [7, 11) is 0. The maximum Gasteiger partial charge on any atom is -0.00431 e. The van der Waals surface area contributed by atoms with Gasteiger partial charge in [0.2, 0.25) is 0 Å². The second-order valence-corrected chi connectivity index (χ2v) is 6.16. The molecule has 0 spiro atoms. The molecule has 1 aliphatic carbocycles. The van der Waals surface area contributed by atoms with Crippen LogP contribution in [0.5, 0.6) is 0 Å². The van der Waals surface area contributed by atoms with Crippen LogP contribution in [0.2, 0.25) is 0 Å². The summed E-state index contributed by atoms with van der Waals surface area (Å²) in [6.45, 7) is 7.06. The Kier molecular flexibility index (Phi) is 2.74. The lowest BCUT2D eigenvalue weighted by molar-refractivity contribution is 0.460. The Morgan fingerprint density at radius 3 is 2.47 bits per heavy atom. The second-order valence-electron chi connectivity index (χ2n) is 6.16. The maximum atomic E-state index is 3.44. The van der Waals surface area contributed by atoms with Crippen LogP contribution in [0.3, 0.4) is 0 Å². The largest absolute Gasteiger partial charge is 0.317 e. The van der Waals surface area contributed by atoms with E-state index in [0.29, 0.717) is 5.41 Å². The number of hydrogen-bond donors (Lipinski definition) is 1. The van der Waals surface area contributed by atoms with Gasteiger partial charge in [-0.25, -0.2) is 0 Å². The molecule has 1 heteroatoms. The minimum absolute atomic E-state index is 0.511. The molecule has 1 aliphatic heterocycles. The van der Waals surface area contributed by atoms with Crippen LogP contribution >= 0.6 is 0 Å². The van der Waals surface area contributed by atoms with Gasteiger partial charge in [0, 0.05) is 0 Å². The van der Waals surface area contributed by atoms with Crippen molar-refractivity contribution < 1.29 is 0 Å². The standard InChI is InChI=1S/C16H23N/c1-12-11-14(13-5-9-17-10-6-13)3-4-15(12)16(2)7-8-16/h3-4,11,13,17H,5-10H2,1-2H3. The van der Waals surface area contributed by atoms with Crippen molar-refractivity contribution in [3.63, 3.8) is 0 Å². The van der Waals surface area contributed by atoms with Crippen molar-refractivity contribution in [1.29, 1.82) is 0 Å². The van der Waals surface area contributed by atoms with Crippen LogP contribution in [0.4, 0.5) is 0 Å². The fraction of sp³-hybridized carbons (Fsp3) is 0.625. The summed E-state index contributed by atoms with van der Waals surface area (Å²) in [5, 5.41) is 3.44. The topological polar surface area (TPSA) is 12.0 Å². The predicted molar refractivity (Wildman–Crippen MR) is 72.6 cm³/mol. The van der Waals surface area contributed by atoms with E-state index in [4.69, 9.17) is 0 Å². The Bertz CT molecular complexity index is 412. The van der Waals surface area contributed by atoms with E-state index in [1.165, 1.54) is 44.3 Å². The first kappa shape index (κ1) is 11.3. The Morgan fingerprint density at radius 2 is 1.88 bits per heavy atom. The van der Waals surface area contributed by atoms with Crippen molar-refractivity contribution >= 4 is 0 Å². The van der Waals surface area contributed by atoms with Crippen LogP contribution < -0.4 is 5.32 Å². The third-order valence-electron chi connectivity index (χ3n) is 4.71. The van der Waals surface area contributed by atoms with Crippen molar-refractivity contribution in [3.8, 4) is 0 Å². The first-order chi connectivity index (χ1) is 8.19. The van der Waals surface area contributed by atoms with Gasteiger partial charge in [0.25, 0.3) is 0 Å². The van der Waals surface area contributed by atoms with Crippen LogP contribution in [0.25, 0.3) is 0 Å². The van der Waals surface area contributed by atoms with Crippen molar-refractivity contribution in [1.82, 2.24) is 5.32 Å². The minimum Gasteiger partial charge on any atom is -0.317 e. The molecule has 1 saturated carbocycles. The second kappa shape index (κ2) is 4.13. The van der Waals surface area contributed by atoms with E-state index < -0.39 is 0 Å². The van der Waals surface area contributed by atoms with E-state index in [-0.39, 0.29) is 0 Å². The molecule has 17 heavy (non-hydrogen) atoms. The Hall–Kier alpha value is -0.820. The molecule has 0 unspecified atom stereocenters. The normalized spacial score (nSPS) is 23.6. The molecule has 0 bridgehead atoms. The molecule has 1 N–H and O–H groups in total. The summed E-state index contributed by atoms with van der Waals surface area (Å²) >= 11 is 0. The van der Waals surface area contributed by atoms with Crippen molar-refractivity contribution in [2.75, 3.05) is 13.1 Å². The molecule has 0 aromatic heterocycles. The predicted octanol–water partition coefficient (Wildman–Crippen LogP) is 3.51. The highest BCUT2D eigenvalue weighted by molar-refractivity contribution is 5.40. The van der Waals surface area contributed by atoms with E-state index in [0.717, 1.165) is 5.92 Å². The number of rotatable bonds is 2. The summed E-state index contributed by atoms with van der Waals surface area (Å²) in [5.74, 6) is 0.788. The summed E-state index contributed by atoms with van der Waals surface area (Å²) in [5.41, 5.74) is 5.18. The molecule has 0 atom stereocenters. The quantitative estimate of drug-likeness (QED) is 0.818. The number of nitrogens with one attached hydrogen (secondary N) is 1. The van der Waals surface area contributed by atoms with Crippen molar-refractivity contribution in [2.24, 2.45) is 0 Å². The van der Waals surface area contributed by atoms with Gasteiger partial charge >= 0.3 is 0 Å². The lowest BCUT2D eigenvalue weighted by Crippen LogP contribution is -2.26. The monoisotopic (exact) mass is 229 g/mol. The van der Waals surface area contributed by atoms with Gasteiger partial charge in [0.1, 0.15) is 0 Å². The zero-order valence-corrected chi connectivity index (χ0v) is 11.1. The highest BCUT2D eigenvalue weighted by Crippen LogP contribution is 2.49. The highest BCUT2D eigenvalue weighted by atomic mass is 14.9. The van der Waals surface area contributed by atoms with Crippen LogP contribution in [0, 0.1) is 6.92 Å². The van der Waals surface area contributed by atoms with Gasteiger partial charge < -0.3 is 5.32 Å². The SMILES string of the molecule is Cc1cc(C2CCNCC2)ccc1C1(C)CC1. The first-order valence-corrected chi connectivity index (χ1v) is 7.01. The van der Waals surface area contributed by atoms with Crippen LogP contribution in [-0.2, 0) is 5.41 Å². The molecule has 0 radical (unpaired) electrons. The zero-order valence-electron chi connectivity index (χ0n) is 11.1. The smallest absolute Gasteiger partial charge is 0.00431 e. The van der Waals surface area contributed by atoms with Gasteiger partial charge in [-0.05, 0) is 73.7 Å². The van der Waals surface area contributed by atoms with Crippen LogP contribution in [-0.4, -0.2) is 13.1 Å². The van der Waals surface area contributed by atoms with E-state index in [9.17, 15) is 0 Å². The number of hydrogen-bond acceptors (Lipinski definition) is 1. The zero-order chi connectivity index (χ0) is 11.9. The lowest BCUT2D eigenvalue weighted by atomic mass is 9.86. The fourth-order valence-electron chi connectivity index (χ4n) is 3.23. The van der Waals surface area contributed by atoms with E-state index >= 15 is 0 Å². The number of piperidine rings is 1. The Labute approximate surface area is 105 Å². The Morgan fingerprint density at radius 1 is 1.18 bits per heavy atom. The molecule has 1 heterocycles. The molecular formula is C16H23N. The summed E-state index contributed by atoms with van der Waals surface area (Å²) in [6.07, 6.45) is 5.35. The fourth-order valence-corrected chi connectivity index (χ4v) is 3.23. The van der Waals surface area contributed by atoms with Gasteiger partial charge in [-0.1, -0.05) is 25.1 Å². The average Bonchev–Trinajstić information content (AvgIpc) is 3.09. The summed E-state index contributed by atoms with van der Waals surface area (Å²) < 4.78 is 0. The number of benzene rings is 1. The molecule has 92 valence electrons. The molecule has 1 nitrogen and oxygen atoms in total. The molecule has 2 aliphatic rings.